The molecule has 0 aliphatic rings. The lowest BCUT2D eigenvalue weighted by Gasteiger charge is -2.17. The number of rotatable bonds is 5. The zero-order valence-electron chi connectivity index (χ0n) is 8.39. The second-order valence-corrected chi connectivity index (χ2v) is 5.60. The number of hydrogen-bond donors (Lipinski definition) is 0. The molecule has 0 amide bonds. The summed E-state index contributed by atoms with van der Waals surface area (Å²) in [6.45, 7) is 11.4. The molecule has 0 saturated heterocycles. The molecule has 0 rings (SSSR count). The van der Waals surface area contributed by atoms with Crippen LogP contribution in [0.5, 0.6) is 0 Å². The Morgan fingerprint density at radius 3 is 2.33 bits per heavy atom. The predicted molar refractivity (Wildman–Crippen MR) is 53.9 cm³/mol. The van der Waals surface area contributed by atoms with E-state index < -0.39 is 9.04 Å². The van der Waals surface area contributed by atoms with Crippen molar-refractivity contribution in [1.29, 1.82) is 0 Å². The summed E-state index contributed by atoms with van der Waals surface area (Å²) < 4.78 is 5.55. The van der Waals surface area contributed by atoms with Gasteiger partial charge in [0.2, 0.25) is 0 Å². The van der Waals surface area contributed by atoms with Crippen LogP contribution in [-0.4, -0.2) is 20.9 Å². The maximum atomic E-state index is 11.4. The Morgan fingerprint density at radius 1 is 1.58 bits per heavy atom. The minimum Gasteiger partial charge on any atom is -0.410 e. The molecule has 1 unspecified atom stereocenters. The lowest BCUT2D eigenvalue weighted by molar-refractivity contribution is -0.122. The molecule has 0 radical (unpaired) electrons. The highest BCUT2D eigenvalue weighted by Gasteiger charge is 2.18. The maximum Gasteiger partial charge on any atom is 0.185 e. The molecular weight excluding hydrogens is 168 g/mol. The zero-order chi connectivity index (χ0) is 9.72. The van der Waals surface area contributed by atoms with Crippen molar-refractivity contribution >= 4 is 14.8 Å². The highest BCUT2D eigenvalue weighted by Crippen LogP contribution is 2.06. The van der Waals surface area contributed by atoms with E-state index in [0.29, 0.717) is 5.57 Å². The summed E-state index contributed by atoms with van der Waals surface area (Å²) in [7, 11) is -1.11. The molecule has 0 aliphatic carbocycles. The molecular formula is C9H18O2Si. The molecule has 0 fully saturated rings. The smallest absolute Gasteiger partial charge is 0.185 e. The van der Waals surface area contributed by atoms with Crippen molar-refractivity contribution in [2.75, 3.05) is 0 Å². The van der Waals surface area contributed by atoms with Gasteiger partial charge in [0.05, 0.1) is 0 Å². The van der Waals surface area contributed by atoms with Gasteiger partial charge in [0.1, 0.15) is 6.10 Å². The molecule has 0 N–H and O–H groups in total. The summed E-state index contributed by atoms with van der Waals surface area (Å²) in [6, 6.07) is 0. The third-order valence-corrected chi connectivity index (χ3v) is 2.39. The summed E-state index contributed by atoms with van der Waals surface area (Å²) >= 11 is 0. The Kier molecular flexibility index (Phi) is 5.09. The second kappa shape index (κ2) is 5.27. The third kappa shape index (κ3) is 3.83. The fraction of sp³-hybridized carbons (Fsp3) is 0.667. The van der Waals surface area contributed by atoms with Crippen LogP contribution >= 0.6 is 0 Å². The monoisotopic (exact) mass is 186 g/mol. The molecule has 12 heavy (non-hydrogen) atoms. The zero-order valence-corrected chi connectivity index (χ0v) is 9.54. The minimum atomic E-state index is -1.11. The Bertz CT molecular complexity index is 175. The van der Waals surface area contributed by atoms with Crippen LogP contribution in [0, 0.1) is 0 Å². The topological polar surface area (TPSA) is 26.3 Å². The summed E-state index contributed by atoms with van der Waals surface area (Å²) in [4.78, 5) is 11.4. The second-order valence-electron chi connectivity index (χ2n) is 3.23. The van der Waals surface area contributed by atoms with E-state index in [1.54, 1.807) is 6.92 Å². The van der Waals surface area contributed by atoms with Gasteiger partial charge in [-0.25, -0.2) is 0 Å². The Labute approximate surface area is 76.3 Å². The summed E-state index contributed by atoms with van der Waals surface area (Å²) in [5, 5.41) is 0. The van der Waals surface area contributed by atoms with Crippen LogP contribution in [0.3, 0.4) is 0 Å². The van der Waals surface area contributed by atoms with Gasteiger partial charge >= 0.3 is 0 Å². The summed E-state index contributed by atoms with van der Waals surface area (Å²) in [6.07, 6.45) is 0.505. The average Bonchev–Trinajstić information content (AvgIpc) is 1.98. The maximum absolute atomic E-state index is 11.4. The Balaban J connectivity index is 4.15. The van der Waals surface area contributed by atoms with Gasteiger partial charge in [-0.2, -0.15) is 0 Å². The van der Waals surface area contributed by atoms with Gasteiger partial charge in [0.15, 0.2) is 14.8 Å². The fourth-order valence-electron chi connectivity index (χ4n) is 0.947. The van der Waals surface area contributed by atoms with Gasteiger partial charge < -0.3 is 4.43 Å². The molecule has 0 aromatic carbocycles. The fourth-order valence-corrected chi connectivity index (χ4v) is 1.92. The molecule has 1 atom stereocenters. The van der Waals surface area contributed by atoms with Crippen LogP contribution in [0.2, 0.25) is 13.1 Å². The lowest BCUT2D eigenvalue weighted by atomic mass is 10.1. The molecule has 0 aromatic rings. The van der Waals surface area contributed by atoms with E-state index in [0.717, 1.165) is 6.42 Å². The molecule has 0 bridgehead atoms. The molecule has 70 valence electrons. The molecule has 2 nitrogen and oxygen atoms in total. The van der Waals surface area contributed by atoms with Crippen molar-refractivity contribution in [2.45, 2.75) is 39.5 Å². The van der Waals surface area contributed by atoms with Crippen molar-refractivity contribution in [3.63, 3.8) is 0 Å². The van der Waals surface area contributed by atoms with Gasteiger partial charge in [0, 0.05) is 0 Å². The van der Waals surface area contributed by atoms with Crippen LogP contribution in [-0.2, 0) is 9.22 Å². The first kappa shape index (κ1) is 11.6. The number of carbonyl (C=O) groups is 1. The SMILES string of the molecule is C=C(C)C(=O)C(CC)O[SiH](C)C. The van der Waals surface area contributed by atoms with Crippen LogP contribution < -0.4 is 0 Å². The molecule has 3 heteroatoms. The van der Waals surface area contributed by atoms with Gasteiger partial charge in [-0.15, -0.1) is 0 Å². The van der Waals surface area contributed by atoms with E-state index in [1.807, 2.05) is 6.92 Å². The number of hydrogen-bond acceptors (Lipinski definition) is 2. The van der Waals surface area contributed by atoms with E-state index in [1.165, 1.54) is 0 Å². The summed E-state index contributed by atoms with van der Waals surface area (Å²) in [5.41, 5.74) is 0.594. The Hall–Kier alpha value is -0.413. The van der Waals surface area contributed by atoms with E-state index in [4.69, 9.17) is 4.43 Å². The number of Topliss-reactive ketones (excluding diaryl/α,β-unsaturated/α-hetero) is 1. The lowest BCUT2D eigenvalue weighted by Crippen LogP contribution is -2.28. The van der Waals surface area contributed by atoms with E-state index in [9.17, 15) is 4.79 Å². The highest BCUT2D eigenvalue weighted by molar-refractivity contribution is 6.48. The molecule has 0 spiro atoms. The average molecular weight is 186 g/mol. The van der Waals surface area contributed by atoms with E-state index >= 15 is 0 Å². The standard InChI is InChI=1S/C9H18O2Si/c1-6-8(11-12(4)5)9(10)7(2)3/h8,12H,2,6H2,1,3-5H3. The third-order valence-electron chi connectivity index (χ3n) is 1.52. The summed E-state index contributed by atoms with van der Waals surface area (Å²) in [5.74, 6) is 0.0544. The van der Waals surface area contributed by atoms with Crippen molar-refractivity contribution in [3.8, 4) is 0 Å². The predicted octanol–water partition coefficient (Wildman–Crippen LogP) is 1.91. The minimum absolute atomic E-state index is 0.0544. The molecule has 0 heterocycles. The van der Waals surface area contributed by atoms with E-state index in [-0.39, 0.29) is 11.9 Å². The van der Waals surface area contributed by atoms with E-state index in [2.05, 4.69) is 19.7 Å². The van der Waals surface area contributed by atoms with Gasteiger partial charge in [-0.3, -0.25) is 4.79 Å². The van der Waals surface area contributed by atoms with Gasteiger partial charge in [0.25, 0.3) is 0 Å². The van der Waals surface area contributed by atoms with Gasteiger partial charge in [-0.05, 0) is 32.0 Å². The highest BCUT2D eigenvalue weighted by atomic mass is 28.3. The first-order chi connectivity index (χ1) is 5.49. The largest absolute Gasteiger partial charge is 0.410 e. The Morgan fingerprint density at radius 2 is 2.08 bits per heavy atom. The first-order valence-corrected chi connectivity index (χ1v) is 7.12. The van der Waals surface area contributed by atoms with Crippen molar-refractivity contribution < 1.29 is 9.22 Å². The normalized spacial score (nSPS) is 13.1. The first-order valence-electron chi connectivity index (χ1n) is 4.34. The molecule has 0 aromatic heterocycles. The van der Waals surface area contributed by atoms with Gasteiger partial charge in [-0.1, -0.05) is 13.5 Å². The quantitative estimate of drug-likeness (QED) is 0.484. The van der Waals surface area contributed by atoms with Crippen molar-refractivity contribution in [1.82, 2.24) is 0 Å². The van der Waals surface area contributed by atoms with Crippen LogP contribution in [0.4, 0.5) is 0 Å². The van der Waals surface area contributed by atoms with Crippen molar-refractivity contribution in [3.05, 3.63) is 12.2 Å². The van der Waals surface area contributed by atoms with Crippen LogP contribution in [0.1, 0.15) is 20.3 Å². The molecule has 0 saturated carbocycles. The van der Waals surface area contributed by atoms with Crippen LogP contribution in [0.15, 0.2) is 12.2 Å². The molecule has 0 aliphatic heterocycles. The number of carbonyl (C=O) groups excluding carboxylic acids is 1. The number of ketones is 1. The van der Waals surface area contributed by atoms with Crippen molar-refractivity contribution in [2.24, 2.45) is 0 Å². The van der Waals surface area contributed by atoms with Crippen LogP contribution in [0.25, 0.3) is 0 Å².